The third-order valence-corrected chi connectivity index (χ3v) is 2.73. The molecular formula is C9H17F3N2. The molecule has 0 unspecified atom stereocenters. The minimum Gasteiger partial charge on any atom is -0.317 e. The standard InChI is InChI=1S/C9H17F3N2/c1-13-7-2-4-8(5-3-7)14-6-9(10,11)12/h7-8,13-14H,2-6H2,1H3. The van der Waals surface area contributed by atoms with Crippen LogP contribution in [0.2, 0.25) is 0 Å². The van der Waals surface area contributed by atoms with Gasteiger partial charge in [-0.1, -0.05) is 0 Å². The van der Waals surface area contributed by atoms with Gasteiger partial charge in [0, 0.05) is 12.1 Å². The Hall–Kier alpha value is -0.290. The van der Waals surface area contributed by atoms with Crippen LogP contribution in [0.1, 0.15) is 25.7 Å². The van der Waals surface area contributed by atoms with Gasteiger partial charge < -0.3 is 10.6 Å². The normalized spacial score (nSPS) is 29.1. The molecule has 1 aliphatic carbocycles. The number of hydrogen-bond acceptors (Lipinski definition) is 2. The van der Waals surface area contributed by atoms with Gasteiger partial charge in [-0.15, -0.1) is 0 Å². The predicted molar refractivity (Wildman–Crippen MR) is 49.2 cm³/mol. The van der Waals surface area contributed by atoms with Crippen molar-refractivity contribution in [3.8, 4) is 0 Å². The smallest absolute Gasteiger partial charge is 0.317 e. The highest BCUT2D eigenvalue weighted by Gasteiger charge is 2.29. The molecule has 0 heterocycles. The molecule has 1 saturated carbocycles. The highest BCUT2D eigenvalue weighted by molar-refractivity contribution is 4.80. The maximum absolute atomic E-state index is 11.9. The van der Waals surface area contributed by atoms with Crippen LogP contribution in [0, 0.1) is 0 Å². The SMILES string of the molecule is CNC1CCC(NCC(F)(F)F)CC1. The summed E-state index contributed by atoms with van der Waals surface area (Å²) in [5.74, 6) is 0. The summed E-state index contributed by atoms with van der Waals surface area (Å²) in [6, 6.07) is 0.528. The molecule has 0 aliphatic heterocycles. The van der Waals surface area contributed by atoms with Crippen LogP contribution in [0.3, 0.4) is 0 Å². The molecule has 0 saturated heterocycles. The van der Waals surface area contributed by atoms with Crippen LogP contribution in [-0.2, 0) is 0 Å². The van der Waals surface area contributed by atoms with E-state index in [1.54, 1.807) is 0 Å². The van der Waals surface area contributed by atoms with E-state index in [9.17, 15) is 13.2 Å². The zero-order chi connectivity index (χ0) is 10.6. The summed E-state index contributed by atoms with van der Waals surface area (Å²) in [5, 5.41) is 5.70. The molecule has 0 aromatic heterocycles. The van der Waals surface area contributed by atoms with Gasteiger partial charge in [0.15, 0.2) is 0 Å². The van der Waals surface area contributed by atoms with E-state index in [0.29, 0.717) is 6.04 Å². The summed E-state index contributed by atoms with van der Waals surface area (Å²) >= 11 is 0. The van der Waals surface area contributed by atoms with Crippen molar-refractivity contribution in [2.45, 2.75) is 43.9 Å². The summed E-state index contributed by atoms with van der Waals surface area (Å²) in [6.45, 7) is -0.859. The molecule has 84 valence electrons. The molecule has 2 nitrogen and oxygen atoms in total. The maximum Gasteiger partial charge on any atom is 0.401 e. The lowest BCUT2D eigenvalue weighted by Gasteiger charge is -2.29. The largest absolute Gasteiger partial charge is 0.401 e. The average molecular weight is 210 g/mol. The van der Waals surface area contributed by atoms with Crippen molar-refractivity contribution in [1.29, 1.82) is 0 Å². The first kappa shape index (κ1) is 11.8. The summed E-state index contributed by atoms with van der Waals surface area (Å²) < 4.78 is 35.6. The number of hydrogen-bond donors (Lipinski definition) is 2. The minimum atomic E-state index is -4.08. The molecule has 1 aliphatic rings. The lowest BCUT2D eigenvalue weighted by molar-refractivity contribution is -0.126. The van der Waals surface area contributed by atoms with Crippen molar-refractivity contribution in [3.63, 3.8) is 0 Å². The van der Waals surface area contributed by atoms with Crippen LogP contribution in [0.15, 0.2) is 0 Å². The maximum atomic E-state index is 11.9. The van der Waals surface area contributed by atoms with Gasteiger partial charge in [-0.25, -0.2) is 0 Å². The topological polar surface area (TPSA) is 24.1 Å². The third kappa shape index (κ3) is 4.28. The number of alkyl halides is 3. The molecule has 0 aromatic rings. The molecule has 1 rings (SSSR count). The summed E-state index contributed by atoms with van der Waals surface area (Å²) in [7, 11) is 1.90. The van der Waals surface area contributed by atoms with E-state index < -0.39 is 12.7 Å². The Morgan fingerprint density at radius 3 is 2.00 bits per heavy atom. The Kier molecular flexibility index (Phi) is 4.19. The van der Waals surface area contributed by atoms with Gasteiger partial charge in [-0.2, -0.15) is 13.2 Å². The number of rotatable bonds is 3. The van der Waals surface area contributed by atoms with Gasteiger partial charge in [0.25, 0.3) is 0 Å². The van der Waals surface area contributed by atoms with Crippen molar-refractivity contribution in [1.82, 2.24) is 10.6 Å². The highest BCUT2D eigenvalue weighted by atomic mass is 19.4. The molecule has 1 fully saturated rings. The Morgan fingerprint density at radius 2 is 1.57 bits per heavy atom. The zero-order valence-electron chi connectivity index (χ0n) is 8.32. The van der Waals surface area contributed by atoms with E-state index in [4.69, 9.17) is 0 Å². The predicted octanol–water partition coefficient (Wildman–Crippen LogP) is 1.67. The average Bonchev–Trinajstić information content (AvgIpc) is 2.14. The second-order valence-electron chi connectivity index (χ2n) is 3.83. The molecule has 0 atom stereocenters. The van der Waals surface area contributed by atoms with Gasteiger partial charge in [0.1, 0.15) is 0 Å². The number of nitrogens with one attached hydrogen (secondary N) is 2. The first-order chi connectivity index (χ1) is 6.51. The molecule has 5 heteroatoms. The molecular weight excluding hydrogens is 193 g/mol. The van der Waals surface area contributed by atoms with E-state index in [2.05, 4.69) is 10.6 Å². The molecule has 0 aromatic carbocycles. The Morgan fingerprint density at radius 1 is 1.07 bits per heavy atom. The summed E-state index contributed by atoms with van der Waals surface area (Å²) in [5.41, 5.74) is 0. The van der Waals surface area contributed by atoms with Crippen LogP contribution in [-0.4, -0.2) is 31.9 Å². The first-order valence-electron chi connectivity index (χ1n) is 4.98. The first-order valence-corrected chi connectivity index (χ1v) is 4.98. The summed E-state index contributed by atoms with van der Waals surface area (Å²) in [4.78, 5) is 0. The van der Waals surface area contributed by atoms with Crippen LogP contribution in [0.5, 0.6) is 0 Å². The fourth-order valence-electron chi connectivity index (χ4n) is 1.85. The lowest BCUT2D eigenvalue weighted by atomic mass is 9.91. The monoisotopic (exact) mass is 210 g/mol. The fourth-order valence-corrected chi connectivity index (χ4v) is 1.85. The molecule has 0 bridgehead atoms. The van der Waals surface area contributed by atoms with Gasteiger partial charge in [0.05, 0.1) is 6.54 Å². The molecule has 0 radical (unpaired) electrons. The van der Waals surface area contributed by atoms with E-state index in [0.717, 1.165) is 25.7 Å². The van der Waals surface area contributed by atoms with Gasteiger partial charge in [-0.05, 0) is 32.7 Å². The lowest BCUT2D eigenvalue weighted by Crippen LogP contribution is -2.42. The van der Waals surface area contributed by atoms with Gasteiger partial charge in [-0.3, -0.25) is 0 Å². The van der Waals surface area contributed by atoms with Gasteiger partial charge in [0.2, 0.25) is 0 Å². The highest BCUT2D eigenvalue weighted by Crippen LogP contribution is 2.20. The van der Waals surface area contributed by atoms with Gasteiger partial charge >= 0.3 is 6.18 Å². The van der Waals surface area contributed by atoms with Crippen molar-refractivity contribution < 1.29 is 13.2 Å². The molecule has 14 heavy (non-hydrogen) atoms. The number of halogens is 3. The molecule has 0 spiro atoms. The van der Waals surface area contributed by atoms with Crippen molar-refractivity contribution in [2.75, 3.05) is 13.6 Å². The molecule has 2 N–H and O–H groups in total. The Bertz CT molecular complexity index is 162. The summed E-state index contributed by atoms with van der Waals surface area (Å²) in [6.07, 6.45) is -0.485. The fraction of sp³-hybridized carbons (Fsp3) is 1.00. The Labute approximate surface area is 82.2 Å². The van der Waals surface area contributed by atoms with Crippen molar-refractivity contribution >= 4 is 0 Å². The van der Waals surface area contributed by atoms with Crippen LogP contribution in [0.25, 0.3) is 0 Å². The van der Waals surface area contributed by atoms with Crippen molar-refractivity contribution in [3.05, 3.63) is 0 Å². The second kappa shape index (κ2) is 4.98. The van der Waals surface area contributed by atoms with E-state index >= 15 is 0 Å². The van der Waals surface area contributed by atoms with Crippen molar-refractivity contribution in [2.24, 2.45) is 0 Å². The van der Waals surface area contributed by atoms with Crippen LogP contribution in [0.4, 0.5) is 13.2 Å². The van der Waals surface area contributed by atoms with Crippen LogP contribution < -0.4 is 10.6 Å². The second-order valence-corrected chi connectivity index (χ2v) is 3.83. The van der Waals surface area contributed by atoms with E-state index in [1.807, 2.05) is 7.05 Å². The van der Waals surface area contributed by atoms with Crippen LogP contribution >= 0.6 is 0 Å². The van der Waals surface area contributed by atoms with E-state index in [1.165, 1.54) is 0 Å². The van der Waals surface area contributed by atoms with E-state index in [-0.39, 0.29) is 6.04 Å². The zero-order valence-corrected chi connectivity index (χ0v) is 8.32. The Balaban J connectivity index is 2.16. The quantitative estimate of drug-likeness (QED) is 0.740. The molecule has 0 amide bonds. The minimum absolute atomic E-state index is 0.0428. The third-order valence-electron chi connectivity index (χ3n) is 2.73.